The molecule has 0 unspecified atom stereocenters. The van der Waals surface area contributed by atoms with Gasteiger partial charge in [-0.05, 0) is 61.9 Å². The molecular formula is C21H29NO3S. The number of ether oxygens (including phenoxy) is 1. The number of rotatable bonds is 7. The third kappa shape index (κ3) is 4.86. The van der Waals surface area contributed by atoms with Gasteiger partial charge in [0.2, 0.25) is 10.0 Å². The van der Waals surface area contributed by atoms with E-state index < -0.39 is 10.0 Å². The number of aryl methyl sites for hydroxylation is 3. The van der Waals surface area contributed by atoms with Crippen molar-refractivity contribution in [2.45, 2.75) is 52.0 Å². The van der Waals surface area contributed by atoms with Crippen LogP contribution in [0.15, 0.2) is 41.3 Å². The minimum Gasteiger partial charge on any atom is -0.497 e. The molecule has 0 aliphatic heterocycles. The Kier molecular flexibility index (Phi) is 6.48. The quantitative estimate of drug-likeness (QED) is 0.764. The Morgan fingerprint density at radius 1 is 1.00 bits per heavy atom. The van der Waals surface area contributed by atoms with Crippen LogP contribution in [0.3, 0.4) is 0 Å². The van der Waals surface area contributed by atoms with Crippen molar-refractivity contribution in [3.05, 3.63) is 58.7 Å². The van der Waals surface area contributed by atoms with Crippen LogP contribution in [0.2, 0.25) is 0 Å². The summed E-state index contributed by atoms with van der Waals surface area (Å²) in [5, 5.41) is 0. The van der Waals surface area contributed by atoms with Gasteiger partial charge in [-0.3, -0.25) is 0 Å². The minimum absolute atomic E-state index is 0.286. The number of methoxy groups -OCH3 is 1. The summed E-state index contributed by atoms with van der Waals surface area (Å²) in [6.07, 6.45) is 0.718. The van der Waals surface area contributed by atoms with Gasteiger partial charge in [0.1, 0.15) is 5.75 Å². The Hall–Kier alpha value is -1.85. The molecule has 0 aliphatic rings. The van der Waals surface area contributed by atoms with Crippen molar-refractivity contribution in [3.63, 3.8) is 0 Å². The van der Waals surface area contributed by atoms with Crippen molar-refractivity contribution in [2.75, 3.05) is 7.11 Å². The van der Waals surface area contributed by atoms with Crippen LogP contribution in [0.4, 0.5) is 0 Å². The van der Waals surface area contributed by atoms with E-state index in [1.54, 1.807) is 7.11 Å². The van der Waals surface area contributed by atoms with E-state index >= 15 is 0 Å². The highest BCUT2D eigenvalue weighted by Crippen LogP contribution is 2.28. The monoisotopic (exact) mass is 375 g/mol. The maximum absolute atomic E-state index is 13.1. The Morgan fingerprint density at radius 3 is 2.00 bits per heavy atom. The van der Waals surface area contributed by atoms with Gasteiger partial charge in [-0.2, -0.15) is 0 Å². The van der Waals surface area contributed by atoms with Crippen molar-refractivity contribution in [2.24, 2.45) is 5.92 Å². The van der Waals surface area contributed by atoms with E-state index in [2.05, 4.69) is 18.6 Å². The second-order valence-electron chi connectivity index (χ2n) is 7.30. The fourth-order valence-electron chi connectivity index (χ4n) is 3.40. The zero-order valence-electron chi connectivity index (χ0n) is 16.5. The molecule has 0 saturated heterocycles. The second kappa shape index (κ2) is 8.23. The lowest BCUT2D eigenvalue weighted by Crippen LogP contribution is -2.30. The lowest BCUT2D eigenvalue weighted by molar-refractivity contribution is 0.414. The normalized spacial score (nSPS) is 13.0. The molecule has 1 N–H and O–H groups in total. The van der Waals surface area contributed by atoms with E-state index in [9.17, 15) is 8.42 Å². The maximum Gasteiger partial charge on any atom is 0.241 e. The van der Waals surface area contributed by atoms with E-state index in [4.69, 9.17) is 4.74 Å². The third-order valence-corrected chi connectivity index (χ3v) is 6.17. The van der Waals surface area contributed by atoms with Gasteiger partial charge in [-0.25, -0.2) is 13.1 Å². The summed E-state index contributed by atoms with van der Waals surface area (Å²) in [5.41, 5.74) is 3.54. The average molecular weight is 376 g/mol. The summed E-state index contributed by atoms with van der Waals surface area (Å²) in [7, 11) is -2.01. The van der Waals surface area contributed by atoms with E-state index in [0.29, 0.717) is 10.8 Å². The predicted molar refractivity (Wildman–Crippen MR) is 106 cm³/mol. The first-order valence-electron chi connectivity index (χ1n) is 8.88. The van der Waals surface area contributed by atoms with Crippen LogP contribution < -0.4 is 9.46 Å². The highest BCUT2D eigenvalue weighted by molar-refractivity contribution is 7.89. The first kappa shape index (κ1) is 20.5. The molecule has 0 aromatic heterocycles. The molecule has 0 saturated carbocycles. The molecule has 1 atom stereocenters. The number of nitrogens with one attached hydrogen (secondary N) is 1. The van der Waals surface area contributed by atoms with Crippen molar-refractivity contribution in [1.82, 2.24) is 4.72 Å². The lowest BCUT2D eigenvalue weighted by Gasteiger charge is -2.23. The minimum atomic E-state index is -3.63. The smallest absolute Gasteiger partial charge is 0.241 e. The fraction of sp³-hybridized carbons (Fsp3) is 0.429. The van der Waals surface area contributed by atoms with E-state index in [-0.39, 0.29) is 6.04 Å². The topological polar surface area (TPSA) is 55.4 Å². The molecule has 5 heteroatoms. The van der Waals surface area contributed by atoms with Gasteiger partial charge in [-0.1, -0.05) is 43.7 Å². The third-order valence-electron chi connectivity index (χ3n) is 4.40. The van der Waals surface area contributed by atoms with Crippen LogP contribution in [0.5, 0.6) is 5.75 Å². The molecule has 0 fully saturated rings. The van der Waals surface area contributed by atoms with Gasteiger partial charge < -0.3 is 4.74 Å². The van der Waals surface area contributed by atoms with E-state index in [1.807, 2.05) is 57.2 Å². The Labute approximate surface area is 157 Å². The Balaban J connectivity index is 2.41. The zero-order valence-corrected chi connectivity index (χ0v) is 17.3. The Morgan fingerprint density at radius 2 is 1.54 bits per heavy atom. The molecule has 0 radical (unpaired) electrons. The molecule has 4 nitrogen and oxygen atoms in total. The van der Waals surface area contributed by atoms with Gasteiger partial charge in [0.15, 0.2) is 0 Å². The molecule has 0 amide bonds. The molecule has 2 rings (SSSR count). The van der Waals surface area contributed by atoms with Crippen LogP contribution in [-0.4, -0.2) is 15.5 Å². The van der Waals surface area contributed by atoms with Crippen molar-refractivity contribution in [3.8, 4) is 5.75 Å². The van der Waals surface area contributed by atoms with Crippen LogP contribution in [0.25, 0.3) is 0 Å². The zero-order chi connectivity index (χ0) is 19.5. The van der Waals surface area contributed by atoms with Crippen LogP contribution in [-0.2, 0) is 10.0 Å². The first-order chi connectivity index (χ1) is 12.1. The van der Waals surface area contributed by atoms with Gasteiger partial charge in [-0.15, -0.1) is 0 Å². The fourth-order valence-corrected chi connectivity index (χ4v) is 5.09. The molecule has 0 heterocycles. The van der Waals surface area contributed by atoms with Gasteiger partial charge in [0.05, 0.1) is 12.0 Å². The predicted octanol–water partition coefficient (Wildman–Crippen LogP) is 4.69. The molecule has 2 aromatic carbocycles. The summed E-state index contributed by atoms with van der Waals surface area (Å²) in [6, 6.07) is 11.1. The molecular weight excluding hydrogens is 346 g/mol. The van der Waals surface area contributed by atoms with E-state index in [1.165, 1.54) is 0 Å². The largest absolute Gasteiger partial charge is 0.497 e. The molecule has 142 valence electrons. The molecule has 0 spiro atoms. The summed E-state index contributed by atoms with van der Waals surface area (Å²) in [6.45, 7) is 9.85. The maximum atomic E-state index is 13.1. The molecule has 26 heavy (non-hydrogen) atoms. The standard InChI is InChI=1S/C21H29NO3S/c1-14(2)11-20(18-7-9-19(25-6)10-8-18)22-26(23,24)21-16(4)12-15(3)13-17(21)5/h7-10,12-14,20,22H,11H2,1-6H3/t20-/m0/s1. The van der Waals surface area contributed by atoms with Crippen molar-refractivity contribution in [1.29, 1.82) is 0 Å². The molecule has 0 aliphatic carbocycles. The van der Waals surface area contributed by atoms with Crippen LogP contribution in [0, 0.1) is 26.7 Å². The summed E-state index contributed by atoms with van der Waals surface area (Å²) in [4.78, 5) is 0.380. The van der Waals surface area contributed by atoms with Crippen LogP contribution >= 0.6 is 0 Å². The van der Waals surface area contributed by atoms with Crippen molar-refractivity contribution >= 4 is 10.0 Å². The highest BCUT2D eigenvalue weighted by Gasteiger charge is 2.25. The number of sulfonamides is 1. The molecule has 0 bridgehead atoms. The van der Waals surface area contributed by atoms with Gasteiger partial charge in [0.25, 0.3) is 0 Å². The second-order valence-corrected chi connectivity index (χ2v) is 8.96. The SMILES string of the molecule is COc1ccc([C@H](CC(C)C)NS(=O)(=O)c2c(C)cc(C)cc2C)cc1. The summed E-state index contributed by atoms with van der Waals surface area (Å²) < 4.78 is 34.4. The Bertz CT molecular complexity index is 832. The summed E-state index contributed by atoms with van der Waals surface area (Å²) >= 11 is 0. The first-order valence-corrected chi connectivity index (χ1v) is 10.4. The highest BCUT2D eigenvalue weighted by atomic mass is 32.2. The lowest BCUT2D eigenvalue weighted by atomic mass is 9.98. The van der Waals surface area contributed by atoms with Gasteiger partial charge >= 0.3 is 0 Å². The number of benzene rings is 2. The van der Waals surface area contributed by atoms with E-state index in [0.717, 1.165) is 34.4 Å². The number of hydrogen-bond acceptors (Lipinski definition) is 3. The number of hydrogen-bond donors (Lipinski definition) is 1. The summed E-state index contributed by atoms with van der Waals surface area (Å²) in [5.74, 6) is 1.11. The average Bonchev–Trinajstić information content (AvgIpc) is 2.52. The van der Waals surface area contributed by atoms with Gasteiger partial charge in [0, 0.05) is 6.04 Å². The van der Waals surface area contributed by atoms with Crippen molar-refractivity contribution < 1.29 is 13.2 Å². The van der Waals surface area contributed by atoms with Crippen LogP contribution in [0.1, 0.15) is 48.6 Å². The molecule has 2 aromatic rings.